The highest BCUT2D eigenvalue weighted by Crippen LogP contribution is 2.39. The number of piperazine rings is 1. The smallest absolute Gasteiger partial charge is 0.490 e. The van der Waals surface area contributed by atoms with Crippen molar-refractivity contribution in [2.45, 2.75) is 19.5 Å². The van der Waals surface area contributed by atoms with Crippen LogP contribution in [0.2, 0.25) is 0 Å². The third-order valence-corrected chi connectivity index (χ3v) is 5.28. The van der Waals surface area contributed by atoms with Gasteiger partial charge in [-0.1, -0.05) is 36.3 Å². The first-order valence-corrected chi connectivity index (χ1v) is 11.0. The summed E-state index contributed by atoms with van der Waals surface area (Å²) in [5.74, 6) is -1.34. The van der Waals surface area contributed by atoms with Gasteiger partial charge in [-0.3, -0.25) is 4.79 Å². The summed E-state index contributed by atoms with van der Waals surface area (Å²) in [6, 6.07) is 14.8. The molecular formula is C24H25F3N4O5. The number of alkyl halides is 3. The van der Waals surface area contributed by atoms with E-state index in [4.69, 9.17) is 14.4 Å². The zero-order valence-electron chi connectivity index (χ0n) is 19.3. The molecule has 1 aliphatic rings. The van der Waals surface area contributed by atoms with E-state index in [0.29, 0.717) is 23.3 Å². The largest absolute Gasteiger partial charge is 0.507 e. The van der Waals surface area contributed by atoms with Gasteiger partial charge in [0, 0.05) is 49.9 Å². The monoisotopic (exact) mass is 506 g/mol. The maximum Gasteiger partial charge on any atom is 0.490 e. The van der Waals surface area contributed by atoms with Crippen LogP contribution < -0.4 is 15.5 Å². The van der Waals surface area contributed by atoms with Gasteiger partial charge in [0.05, 0.1) is 5.56 Å². The SMILES string of the molecule is CCC(=O)Nc1ccc(-c2cccc(-c3cc(N4CCNCC4)no3)c2O)cc1.O=C(O)C(F)(F)F. The average Bonchev–Trinajstić information content (AvgIpc) is 3.35. The van der Waals surface area contributed by atoms with E-state index in [1.165, 1.54) is 0 Å². The van der Waals surface area contributed by atoms with Crippen LogP contribution in [0.1, 0.15) is 13.3 Å². The van der Waals surface area contributed by atoms with Gasteiger partial charge in [0.15, 0.2) is 11.6 Å². The second-order valence-corrected chi connectivity index (χ2v) is 7.77. The number of para-hydroxylation sites is 1. The van der Waals surface area contributed by atoms with Crippen LogP contribution in [0.3, 0.4) is 0 Å². The maximum atomic E-state index is 11.5. The topological polar surface area (TPSA) is 128 Å². The molecule has 1 aromatic heterocycles. The minimum absolute atomic E-state index is 0.0341. The molecule has 192 valence electrons. The number of aliphatic carboxylic acids is 1. The molecule has 4 rings (SSSR count). The van der Waals surface area contributed by atoms with Crippen LogP contribution in [-0.4, -0.2) is 59.6 Å². The summed E-state index contributed by atoms with van der Waals surface area (Å²) in [5, 5.41) is 28.3. The van der Waals surface area contributed by atoms with Crippen LogP contribution in [0.15, 0.2) is 53.1 Å². The number of hydrogen-bond acceptors (Lipinski definition) is 7. The number of nitrogens with zero attached hydrogens (tertiary/aromatic N) is 2. The maximum absolute atomic E-state index is 11.5. The normalized spacial score (nSPS) is 13.5. The van der Waals surface area contributed by atoms with Crippen LogP contribution in [0, 0.1) is 0 Å². The molecular weight excluding hydrogens is 481 g/mol. The van der Waals surface area contributed by atoms with E-state index >= 15 is 0 Å². The first kappa shape index (κ1) is 26.5. The number of amides is 1. The number of benzene rings is 2. The molecule has 2 aromatic carbocycles. The van der Waals surface area contributed by atoms with Crippen molar-refractivity contribution in [1.82, 2.24) is 10.5 Å². The molecule has 4 N–H and O–H groups in total. The van der Waals surface area contributed by atoms with E-state index in [-0.39, 0.29) is 11.7 Å². The van der Waals surface area contributed by atoms with Crippen molar-refractivity contribution in [3.63, 3.8) is 0 Å². The molecule has 0 atom stereocenters. The summed E-state index contributed by atoms with van der Waals surface area (Å²) in [6.07, 6.45) is -4.66. The van der Waals surface area contributed by atoms with E-state index < -0.39 is 12.1 Å². The highest BCUT2D eigenvalue weighted by molar-refractivity contribution is 5.91. The van der Waals surface area contributed by atoms with Crippen molar-refractivity contribution in [2.24, 2.45) is 0 Å². The predicted octanol–water partition coefficient (Wildman–Crippen LogP) is 4.11. The second-order valence-electron chi connectivity index (χ2n) is 7.77. The molecule has 1 amide bonds. The van der Waals surface area contributed by atoms with Crippen molar-refractivity contribution in [1.29, 1.82) is 0 Å². The van der Waals surface area contributed by atoms with Crippen LogP contribution in [0.25, 0.3) is 22.5 Å². The van der Waals surface area contributed by atoms with Crippen molar-refractivity contribution in [2.75, 3.05) is 36.4 Å². The van der Waals surface area contributed by atoms with Gasteiger partial charge in [-0.05, 0) is 23.8 Å². The lowest BCUT2D eigenvalue weighted by Gasteiger charge is -2.26. The Balaban J connectivity index is 0.000000454. The number of phenolic OH excluding ortho intramolecular Hbond substituents is 1. The molecule has 9 nitrogen and oxygen atoms in total. The quantitative estimate of drug-likeness (QED) is 0.407. The number of halogens is 3. The third-order valence-electron chi connectivity index (χ3n) is 5.28. The number of carboxylic acids is 1. The fraction of sp³-hybridized carbons (Fsp3) is 0.292. The van der Waals surface area contributed by atoms with Crippen molar-refractivity contribution < 1.29 is 37.5 Å². The third kappa shape index (κ3) is 6.75. The summed E-state index contributed by atoms with van der Waals surface area (Å²) >= 11 is 0. The standard InChI is InChI=1S/C22H24N4O3.C2HF3O2/c1-2-21(27)24-16-8-6-15(7-9-16)17-4-3-5-18(22(17)28)19-14-20(25-29-19)26-12-10-23-11-13-26;3-2(4,5)1(6)7/h3-9,14,23,28H,2,10-13H2,1H3,(H,24,27);(H,6,7). The van der Waals surface area contributed by atoms with E-state index in [0.717, 1.165) is 43.2 Å². The number of nitrogens with one attached hydrogen (secondary N) is 2. The van der Waals surface area contributed by atoms with Crippen LogP contribution in [0.4, 0.5) is 24.7 Å². The molecule has 0 bridgehead atoms. The number of aromatic nitrogens is 1. The highest BCUT2D eigenvalue weighted by Gasteiger charge is 2.38. The van der Waals surface area contributed by atoms with Crippen molar-refractivity contribution in [3.8, 4) is 28.2 Å². The van der Waals surface area contributed by atoms with Gasteiger partial charge in [-0.15, -0.1) is 0 Å². The van der Waals surface area contributed by atoms with E-state index in [2.05, 4.69) is 20.7 Å². The number of carbonyl (C=O) groups excluding carboxylic acids is 1. The van der Waals surface area contributed by atoms with Gasteiger partial charge < -0.3 is 30.3 Å². The lowest BCUT2D eigenvalue weighted by molar-refractivity contribution is -0.192. The zero-order valence-corrected chi connectivity index (χ0v) is 19.3. The molecule has 0 spiro atoms. The highest BCUT2D eigenvalue weighted by atomic mass is 19.4. The Bertz CT molecular complexity index is 1190. The zero-order chi connectivity index (χ0) is 26.3. The second kappa shape index (κ2) is 11.6. The number of phenols is 1. The van der Waals surface area contributed by atoms with Gasteiger partial charge >= 0.3 is 12.1 Å². The summed E-state index contributed by atoms with van der Waals surface area (Å²) in [5.41, 5.74) is 2.86. The molecule has 0 saturated carbocycles. The molecule has 3 aromatic rings. The number of hydrogen-bond donors (Lipinski definition) is 4. The van der Waals surface area contributed by atoms with Gasteiger partial charge in [-0.25, -0.2) is 4.79 Å². The Hall–Kier alpha value is -4.06. The molecule has 1 saturated heterocycles. The van der Waals surface area contributed by atoms with E-state index in [1.807, 2.05) is 55.5 Å². The molecule has 1 aliphatic heterocycles. The first-order valence-electron chi connectivity index (χ1n) is 11.0. The number of carbonyl (C=O) groups is 2. The predicted molar refractivity (Wildman–Crippen MR) is 127 cm³/mol. The summed E-state index contributed by atoms with van der Waals surface area (Å²) in [6.45, 7) is 5.39. The van der Waals surface area contributed by atoms with Gasteiger partial charge in [0.1, 0.15) is 5.75 Å². The van der Waals surface area contributed by atoms with Gasteiger partial charge in [-0.2, -0.15) is 13.2 Å². The summed E-state index contributed by atoms with van der Waals surface area (Å²) in [4.78, 5) is 22.6. The minimum Gasteiger partial charge on any atom is -0.507 e. The van der Waals surface area contributed by atoms with Crippen LogP contribution >= 0.6 is 0 Å². The lowest BCUT2D eigenvalue weighted by atomic mass is 10.00. The average molecular weight is 506 g/mol. The van der Waals surface area contributed by atoms with Crippen LogP contribution in [-0.2, 0) is 9.59 Å². The van der Waals surface area contributed by atoms with Gasteiger partial charge in [0.25, 0.3) is 0 Å². The molecule has 0 unspecified atom stereocenters. The molecule has 36 heavy (non-hydrogen) atoms. The van der Waals surface area contributed by atoms with Crippen molar-refractivity contribution >= 4 is 23.4 Å². The Morgan fingerprint density at radius 1 is 1.11 bits per heavy atom. The summed E-state index contributed by atoms with van der Waals surface area (Å²) in [7, 11) is 0. The van der Waals surface area contributed by atoms with E-state index in [9.17, 15) is 23.1 Å². The number of aromatic hydroxyl groups is 1. The summed E-state index contributed by atoms with van der Waals surface area (Å²) < 4.78 is 37.3. The lowest BCUT2D eigenvalue weighted by Crippen LogP contribution is -2.43. The van der Waals surface area contributed by atoms with Gasteiger partial charge in [0.2, 0.25) is 5.91 Å². The number of rotatable bonds is 5. The van der Waals surface area contributed by atoms with E-state index in [1.54, 1.807) is 0 Å². The molecule has 1 fully saturated rings. The number of anilines is 2. The Morgan fingerprint density at radius 2 is 1.72 bits per heavy atom. The molecule has 12 heteroatoms. The molecule has 2 heterocycles. The van der Waals surface area contributed by atoms with Crippen LogP contribution in [0.5, 0.6) is 5.75 Å². The van der Waals surface area contributed by atoms with Crippen molar-refractivity contribution in [3.05, 3.63) is 48.5 Å². The minimum atomic E-state index is -5.08. The molecule has 0 radical (unpaired) electrons. The Morgan fingerprint density at radius 3 is 2.31 bits per heavy atom. The fourth-order valence-corrected chi connectivity index (χ4v) is 3.39. The first-order chi connectivity index (χ1) is 17.1. The number of carboxylic acid groups (broad SMARTS) is 1. The Kier molecular flexibility index (Phi) is 8.54. The fourth-order valence-electron chi connectivity index (χ4n) is 3.39. The molecule has 0 aliphatic carbocycles. The Labute approximate surface area is 204 Å².